The largest absolute Gasteiger partial charge is 0.619 e. The van der Waals surface area contributed by atoms with Gasteiger partial charge in [-0.3, -0.25) is 4.79 Å². The summed E-state index contributed by atoms with van der Waals surface area (Å²) in [5.41, 5.74) is -0.342. The maximum atomic E-state index is 15.1. The quantitative estimate of drug-likeness (QED) is 0.333. The average Bonchev–Trinajstić information content (AvgIpc) is 2.71. The Morgan fingerprint density at radius 1 is 1.09 bits per heavy atom. The Balaban J connectivity index is 1.95. The van der Waals surface area contributed by atoms with Crippen molar-refractivity contribution in [2.24, 2.45) is 0 Å². The number of carbonyl (C=O) groups excluding carboxylic acids is 1. The summed E-state index contributed by atoms with van der Waals surface area (Å²) in [6.45, 7) is 1.39. The minimum absolute atomic E-state index is 0.0102. The van der Waals surface area contributed by atoms with E-state index in [2.05, 4.69) is 10.1 Å². The number of nitrogens with zero attached hydrogens (tertiary/aromatic N) is 1. The molecule has 0 spiro atoms. The molecule has 0 aliphatic rings. The van der Waals surface area contributed by atoms with Gasteiger partial charge in [0.05, 0.1) is 7.11 Å². The molecule has 1 heterocycles. The molecule has 0 radical (unpaired) electrons. The highest BCUT2D eigenvalue weighted by atomic mass is 19.4. The van der Waals surface area contributed by atoms with Crippen LogP contribution in [0.2, 0.25) is 0 Å². The summed E-state index contributed by atoms with van der Waals surface area (Å²) in [5, 5.41) is 13.8. The van der Waals surface area contributed by atoms with Gasteiger partial charge in [0, 0.05) is 17.7 Å². The molecule has 11 heteroatoms. The molecule has 3 rings (SSSR count). The predicted octanol–water partition coefficient (Wildman–Crippen LogP) is 4.72. The molecule has 0 atom stereocenters. The van der Waals surface area contributed by atoms with E-state index in [9.17, 15) is 23.2 Å². The van der Waals surface area contributed by atoms with E-state index in [-0.39, 0.29) is 28.5 Å². The summed E-state index contributed by atoms with van der Waals surface area (Å²) >= 11 is 0. The molecule has 2 aromatic carbocycles. The number of hydrogen-bond acceptors (Lipinski definition) is 5. The van der Waals surface area contributed by atoms with Crippen LogP contribution in [0.15, 0.2) is 54.9 Å². The highest BCUT2D eigenvalue weighted by molar-refractivity contribution is 6.06. The van der Waals surface area contributed by atoms with E-state index in [1.54, 1.807) is 0 Å². The number of methoxy groups -OCH3 is 1. The smallest absolute Gasteiger partial charge is 0.573 e. The number of halogens is 4. The zero-order valence-electron chi connectivity index (χ0n) is 16.7. The Bertz CT molecular complexity index is 1130. The lowest BCUT2D eigenvalue weighted by atomic mass is 10.1. The summed E-state index contributed by atoms with van der Waals surface area (Å²) in [4.78, 5) is 12.8. The molecule has 0 aliphatic heterocycles. The Morgan fingerprint density at radius 3 is 2.34 bits per heavy atom. The molecule has 1 amide bonds. The molecule has 0 fully saturated rings. The minimum atomic E-state index is -4.86. The standard InChI is InChI=1S/C21H16F4N2O5/c1-12-16(30-2)10-17(31-14-5-7-15(8-6-14)32-21(23,24)25)18(19(12)22)20(28)26-13-4-3-9-27(29)11-13/h3-11H,1-2H3,(H,26,28). The lowest BCUT2D eigenvalue weighted by Gasteiger charge is -2.16. The first-order valence-corrected chi connectivity index (χ1v) is 8.98. The van der Waals surface area contributed by atoms with Crippen LogP contribution in [-0.4, -0.2) is 19.4 Å². The molecular weight excluding hydrogens is 436 g/mol. The van der Waals surface area contributed by atoms with Gasteiger partial charge in [0.2, 0.25) is 6.20 Å². The SMILES string of the molecule is COc1cc(Oc2ccc(OC(F)(F)F)cc2)c(C(=O)Nc2ccc[n+]([O-])c2)c(F)c1C. The van der Waals surface area contributed by atoms with Gasteiger partial charge >= 0.3 is 6.36 Å². The van der Waals surface area contributed by atoms with E-state index in [0.29, 0.717) is 4.73 Å². The molecule has 168 valence electrons. The van der Waals surface area contributed by atoms with Gasteiger partial charge in [-0.15, -0.1) is 13.2 Å². The van der Waals surface area contributed by atoms with Crippen LogP contribution in [0.3, 0.4) is 0 Å². The third-order valence-electron chi connectivity index (χ3n) is 4.19. The summed E-state index contributed by atoms with van der Waals surface area (Å²) in [5.74, 6) is -2.48. The minimum Gasteiger partial charge on any atom is -0.619 e. The zero-order valence-corrected chi connectivity index (χ0v) is 16.7. The van der Waals surface area contributed by atoms with Crippen molar-refractivity contribution < 1.29 is 41.3 Å². The molecule has 0 aliphatic carbocycles. The second-order valence-electron chi connectivity index (χ2n) is 6.42. The topological polar surface area (TPSA) is 83.7 Å². The van der Waals surface area contributed by atoms with Gasteiger partial charge in [0.1, 0.15) is 40.1 Å². The maximum Gasteiger partial charge on any atom is 0.573 e. The van der Waals surface area contributed by atoms with E-state index in [1.165, 1.54) is 38.4 Å². The van der Waals surface area contributed by atoms with Crippen molar-refractivity contribution in [3.05, 3.63) is 77.0 Å². The van der Waals surface area contributed by atoms with Crippen LogP contribution in [0.4, 0.5) is 23.2 Å². The summed E-state index contributed by atoms with van der Waals surface area (Å²) in [7, 11) is 1.30. The van der Waals surface area contributed by atoms with Crippen LogP contribution in [0.1, 0.15) is 15.9 Å². The van der Waals surface area contributed by atoms with Crippen LogP contribution in [0.5, 0.6) is 23.0 Å². The number of benzene rings is 2. The van der Waals surface area contributed by atoms with Gasteiger partial charge in [-0.25, -0.2) is 4.39 Å². The Morgan fingerprint density at radius 2 is 1.75 bits per heavy atom. The van der Waals surface area contributed by atoms with Crippen molar-refractivity contribution in [1.82, 2.24) is 0 Å². The first-order valence-electron chi connectivity index (χ1n) is 8.98. The van der Waals surface area contributed by atoms with E-state index < -0.39 is 29.4 Å². The second-order valence-corrected chi connectivity index (χ2v) is 6.42. The first-order chi connectivity index (χ1) is 15.1. The number of hydrogen-bond donors (Lipinski definition) is 1. The van der Waals surface area contributed by atoms with E-state index >= 15 is 4.39 Å². The normalized spacial score (nSPS) is 11.1. The molecule has 1 N–H and O–H groups in total. The fourth-order valence-electron chi connectivity index (χ4n) is 2.77. The number of ether oxygens (including phenoxy) is 3. The van der Waals surface area contributed by atoms with Crippen molar-refractivity contribution >= 4 is 11.6 Å². The monoisotopic (exact) mass is 452 g/mol. The third-order valence-corrected chi connectivity index (χ3v) is 4.19. The molecule has 0 unspecified atom stereocenters. The highest BCUT2D eigenvalue weighted by Crippen LogP contribution is 2.36. The van der Waals surface area contributed by atoms with E-state index in [1.807, 2.05) is 0 Å². The van der Waals surface area contributed by atoms with Gasteiger partial charge in [-0.2, -0.15) is 4.73 Å². The maximum absolute atomic E-state index is 15.1. The number of amides is 1. The van der Waals surface area contributed by atoms with Crippen molar-refractivity contribution in [3.8, 4) is 23.0 Å². The summed E-state index contributed by atoms with van der Waals surface area (Å²) in [6.07, 6.45) is -2.58. The Hall–Kier alpha value is -4.02. The number of aromatic nitrogens is 1. The molecule has 0 saturated heterocycles. The van der Waals surface area contributed by atoms with Crippen molar-refractivity contribution in [1.29, 1.82) is 0 Å². The molecule has 3 aromatic rings. The first kappa shape index (κ1) is 22.7. The number of pyridine rings is 1. The van der Waals surface area contributed by atoms with Gasteiger partial charge in [0.15, 0.2) is 6.20 Å². The van der Waals surface area contributed by atoms with Gasteiger partial charge in [0.25, 0.3) is 5.91 Å². The number of anilines is 1. The van der Waals surface area contributed by atoms with Gasteiger partial charge in [-0.05, 0) is 37.3 Å². The molecule has 1 aromatic heterocycles. The second kappa shape index (κ2) is 9.00. The van der Waals surface area contributed by atoms with E-state index in [4.69, 9.17) is 9.47 Å². The third kappa shape index (κ3) is 5.36. The fourth-order valence-corrected chi connectivity index (χ4v) is 2.77. The lowest BCUT2D eigenvalue weighted by Crippen LogP contribution is -2.26. The number of rotatable bonds is 6. The molecule has 32 heavy (non-hydrogen) atoms. The molecular formula is C21H16F4N2O5. The van der Waals surface area contributed by atoms with Crippen molar-refractivity contribution in [2.75, 3.05) is 12.4 Å². The number of alkyl halides is 3. The Kier molecular flexibility index (Phi) is 6.37. The Labute approximate surface area is 179 Å². The van der Waals surface area contributed by atoms with Gasteiger partial charge < -0.3 is 24.7 Å². The predicted molar refractivity (Wildman–Crippen MR) is 104 cm³/mol. The molecule has 7 nitrogen and oxygen atoms in total. The number of carbonyl (C=O) groups is 1. The average molecular weight is 452 g/mol. The lowest BCUT2D eigenvalue weighted by molar-refractivity contribution is -0.604. The molecule has 0 saturated carbocycles. The van der Waals surface area contributed by atoms with Crippen molar-refractivity contribution in [2.45, 2.75) is 13.3 Å². The van der Waals surface area contributed by atoms with Crippen LogP contribution < -0.4 is 24.3 Å². The van der Waals surface area contributed by atoms with Crippen molar-refractivity contribution in [3.63, 3.8) is 0 Å². The summed E-state index contributed by atoms with van der Waals surface area (Å²) < 4.78 is 67.0. The highest BCUT2D eigenvalue weighted by Gasteiger charge is 2.31. The van der Waals surface area contributed by atoms with E-state index in [0.717, 1.165) is 30.5 Å². The summed E-state index contributed by atoms with van der Waals surface area (Å²) in [6, 6.07) is 8.41. The zero-order chi connectivity index (χ0) is 23.5. The van der Waals surface area contributed by atoms with Crippen LogP contribution in [0.25, 0.3) is 0 Å². The van der Waals surface area contributed by atoms with Crippen LogP contribution >= 0.6 is 0 Å². The van der Waals surface area contributed by atoms with Crippen LogP contribution in [0, 0.1) is 17.9 Å². The number of nitrogens with one attached hydrogen (secondary N) is 1. The van der Waals surface area contributed by atoms with Crippen LogP contribution in [-0.2, 0) is 0 Å². The molecule has 0 bridgehead atoms. The van der Waals surface area contributed by atoms with Gasteiger partial charge in [-0.1, -0.05) is 0 Å². The fraction of sp³-hybridized carbons (Fsp3) is 0.143.